The summed E-state index contributed by atoms with van der Waals surface area (Å²) in [6.45, 7) is 1.23. The molecule has 1 aromatic carbocycles. The number of amides is 1. The van der Waals surface area contributed by atoms with Crippen LogP contribution in [0.2, 0.25) is 0 Å². The minimum atomic E-state index is -0.787. The van der Waals surface area contributed by atoms with Crippen LogP contribution in [0.1, 0.15) is 25.7 Å². The molecule has 21 heavy (non-hydrogen) atoms. The van der Waals surface area contributed by atoms with Crippen LogP contribution in [-0.4, -0.2) is 30.1 Å². The van der Waals surface area contributed by atoms with E-state index < -0.39 is 5.97 Å². The summed E-state index contributed by atoms with van der Waals surface area (Å²) in [4.78, 5) is 25.6. The molecule has 5 nitrogen and oxygen atoms in total. The molecule has 2 atom stereocenters. The smallest absolute Gasteiger partial charge is 0.306 e. The standard InChI is InChI=1S/C16H19NO4/c18-15(11-6-7-12(10-11)16(19)20)17-8-3-9-21-14-5-2-1-4-13(14)17/h1-2,4-5,11-12H,3,6-10H2,(H,19,20). The number of nitrogens with zero attached hydrogens (tertiary/aromatic N) is 1. The molecule has 0 saturated heterocycles. The number of hydrogen-bond acceptors (Lipinski definition) is 3. The van der Waals surface area contributed by atoms with E-state index >= 15 is 0 Å². The van der Waals surface area contributed by atoms with Crippen LogP contribution in [0.5, 0.6) is 5.75 Å². The fraction of sp³-hybridized carbons (Fsp3) is 0.500. The van der Waals surface area contributed by atoms with E-state index in [4.69, 9.17) is 9.84 Å². The zero-order valence-electron chi connectivity index (χ0n) is 11.8. The van der Waals surface area contributed by atoms with Crippen molar-refractivity contribution in [2.75, 3.05) is 18.1 Å². The van der Waals surface area contributed by atoms with E-state index in [0.717, 1.165) is 17.9 Å². The minimum Gasteiger partial charge on any atom is -0.491 e. The summed E-state index contributed by atoms with van der Waals surface area (Å²) < 4.78 is 5.66. The highest BCUT2D eigenvalue weighted by molar-refractivity contribution is 5.97. The lowest BCUT2D eigenvalue weighted by Gasteiger charge is -2.24. The molecule has 1 N–H and O–H groups in total. The lowest BCUT2D eigenvalue weighted by molar-refractivity contribution is -0.141. The van der Waals surface area contributed by atoms with Gasteiger partial charge < -0.3 is 14.7 Å². The zero-order chi connectivity index (χ0) is 14.8. The van der Waals surface area contributed by atoms with Crippen molar-refractivity contribution < 1.29 is 19.4 Å². The first-order valence-corrected chi connectivity index (χ1v) is 7.43. The number of para-hydroxylation sites is 2. The second kappa shape index (κ2) is 5.76. The largest absolute Gasteiger partial charge is 0.491 e. The first-order valence-electron chi connectivity index (χ1n) is 7.43. The zero-order valence-corrected chi connectivity index (χ0v) is 11.8. The van der Waals surface area contributed by atoms with Crippen molar-refractivity contribution >= 4 is 17.6 Å². The van der Waals surface area contributed by atoms with Gasteiger partial charge in [-0.15, -0.1) is 0 Å². The van der Waals surface area contributed by atoms with Crippen molar-refractivity contribution in [3.8, 4) is 5.75 Å². The Morgan fingerprint density at radius 3 is 2.71 bits per heavy atom. The maximum Gasteiger partial charge on any atom is 0.306 e. The Labute approximate surface area is 123 Å². The molecule has 1 heterocycles. The van der Waals surface area contributed by atoms with Crippen molar-refractivity contribution in [3.63, 3.8) is 0 Å². The molecular formula is C16H19NO4. The molecule has 1 saturated carbocycles. The number of rotatable bonds is 2. The Balaban J connectivity index is 1.80. The van der Waals surface area contributed by atoms with Crippen LogP contribution in [0.15, 0.2) is 24.3 Å². The molecule has 3 rings (SSSR count). The van der Waals surface area contributed by atoms with Crippen molar-refractivity contribution in [1.29, 1.82) is 0 Å². The van der Waals surface area contributed by atoms with Gasteiger partial charge in [-0.1, -0.05) is 12.1 Å². The summed E-state index contributed by atoms with van der Waals surface area (Å²) in [7, 11) is 0. The summed E-state index contributed by atoms with van der Waals surface area (Å²) in [5, 5.41) is 9.08. The van der Waals surface area contributed by atoms with Crippen LogP contribution in [0.25, 0.3) is 0 Å². The Kier molecular flexibility index (Phi) is 3.82. The average molecular weight is 289 g/mol. The summed E-state index contributed by atoms with van der Waals surface area (Å²) in [6.07, 6.45) is 2.50. The van der Waals surface area contributed by atoms with Gasteiger partial charge in [0, 0.05) is 12.5 Å². The second-order valence-corrected chi connectivity index (χ2v) is 5.70. The number of ether oxygens (including phenoxy) is 1. The Bertz CT molecular complexity index is 557. The van der Waals surface area contributed by atoms with Gasteiger partial charge >= 0.3 is 5.97 Å². The summed E-state index contributed by atoms with van der Waals surface area (Å²) in [6, 6.07) is 7.54. The predicted molar refractivity (Wildman–Crippen MR) is 77.4 cm³/mol. The third-order valence-corrected chi connectivity index (χ3v) is 4.34. The molecule has 0 radical (unpaired) electrons. The average Bonchev–Trinajstić information content (AvgIpc) is 2.88. The molecule has 1 aromatic rings. The molecule has 1 amide bonds. The van der Waals surface area contributed by atoms with Crippen molar-refractivity contribution in [2.24, 2.45) is 11.8 Å². The van der Waals surface area contributed by atoms with Crippen molar-refractivity contribution in [1.82, 2.24) is 0 Å². The van der Waals surface area contributed by atoms with Gasteiger partial charge in [-0.3, -0.25) is 9.59 Å². The third-order valence-electron chi connectivity index (χ3n) is 4.34. The van der Waals surface area contributed by atoms with Crippen LogP contribution < -0.4 is 9.64 Å². The molecule has 1 aliphatic carbocycles. The number of benzene rings is 1. The number of aliphatic carboxylic acids is 1. The van der Waals surface area contributed by atoms with Gasteiger partial charge in [0.05, 0.1) is 18.2 Å². The van der Waals surface area contributed by atoms with Crippen LogP contribution >= 0.6 is 0 Å². The molecule has 1 aliphatic heterocycles. The fourth-order valence-electron chi connectivity index (χ4n) is 3.21. The summed E-state index contributed by atoms with van der Waals surface area (Å²) in [5.41, 5.74) is 0.804. The highest BCUT2D eigenvalue weighted by atomic mass is 16.5. The molecule has 2 unspecified atom stereocenters. The first-order chi connectivity index (χ1) is 10.2. The minimum absolute atomic E-state index is 0.0386. The van der Waals surface area contributed by atoms with E-state index in [0.29, 0.717) is 32.4 Å². The van der Waals surface area contributed by atoms with E-state index in [2.05, 4.69) is 0 Å². The quantitative estimate of drug-likeness (QED) is 0.907. The number of carboxylic acids is 1. The molecule has 0 aromatic heterocycles. The van der Waals surface area contributed by atoms with Crippen LogP contribution in [0, 0.1) is 11.8 Å². The molecule has 112 valence electrons. The molecular weight excluding hydrogens is 270 g/mol. The van der Waals surface area contributed by atoms with Gasteiger partial charge in [0.2, 0.25) is 5.91 Å². The highest BCUT2D eigenvalue weighted by Crippen LogP contribution is 2.36. The number of carboxylic acid groups (broad SMARTS) is 1. The second-order valence-electron chi connectivity index (χ2n) is 5.70. The lowest BCUT2D eigenvalue weighted by Crippen LogP contribution is -2.36. The predicted octanol–water partition coefficient (Wildman–Crippen LogP) is 2.30. The van der Waals surface area contributed by atoms with E-state index in [9.17, 15) is 9.59 Å². The Morgan fingerprint density at radius 1 is 1.19 bits per heavy atom. The van der Waals surface area contributed by atoms with Crippen LogP contribution in [0.3, 0.4) is 0 Å². The summed E-state index contributed by atoms with van der Waals surface area (Å²) >= 11 is 0. The maximum atomic E-state index is 12.8. The lowest BCUT2D eigenvalue weighted by atomic mass is 10.0. The number of carbonyl (C=O) groups excluding carboxylic acids is 1. The van der Waals surface area contributed by atoms with Gasteiger partial charge in [-0.05, 0) is 37.8 Å². The van der Waals surface area contributed by atoms with Crippen LogP contribution in [-0.2, 0) is 9.59 Å². The Morgan fingerprint density at radius 2 is 1.95 bits per heavy atom. The normalized spacial score (nSPS) is 24.9. The van der Waals surface area contributed by atoms with Gasteiger partial charge in [0.25, 0.3) is 0 Å². The fourth-order valence-corrected chi connectivity index (χ4v) is 3.21. The van der Waals surface area contributed by atoms with E-state index in [1.54, 1.807) is 4.90 Å². The van der Waals surface area contributed by atoms with Gasteiger partial charge in [-0.2, -0.15) is 0 Å². The highest BCUT2D eigenvalue weighted by Gasteiger charge is 2.37. The van der Waals surface area contributed by atoms with Gasteiger partial charge in [-0.25, -0.2) is 0 Å². The number of carbonyl (C=O) groups is 2. The van der Waals surface area contributed by atoms with Crippen LogP contribution in [0.4, 0.5) is 5.69 Å². The number of anilines is 1. The topological polar surface area (TPSA) is 66.8 Å². The van der Waals surface area contributed by atoms with E-state index in [1.807, 2.05) is 24.3 Å². The van der Waals surface area contributed by atoms with Gasteiger partial charge in [0.15, 0.2) is 0 Å². The number of fused-ring (bicyclic) bond motifs is 1. The molecule has 0 bridgehead atoms. The monoisotopic (exact) mass is 289 g/mol. The maximum absolute atomic E-state index is 12.8. The Hall–Kier alpha value is -2.04. The van der Waals surface area contributed by atoms with Crippen molar-refractivity contribution in [2.45, 2.75) is 25.7 Å². The first kappa shape index (κ1) is 13.9. The van der Waals surface area contributed by atoms with Gasteiger partial charge in [0.1, 0.15) is 5.75 Å². The van der Waals surface area contributed by atoms with E-state index in [-0.39, 0.29) is 17.7 Å². The third kappa shape index (κ3) is 2.73. The number of hydrogen-bond donors (Lipinski definition) is 1. The van der Waals surface area contributed by atoms with Crippen molar-refractivity contribution in [3.05, 3.63) is 24.3 Å². The summed E-state index contributed by atoms with van der Waals surface area (Å²) in [5.74, 6) is -0.576. The van der Waals surface area contributed by atoms with E-state index in [1.165, 1.54) is 0 Å². The molecule has 5 heteroatoms. The molecule has 1 fully saturated rings. The molecule has 2 aliphatic rings. The SMILES string of the molecule is O=C(O)C1CCC(C(=O)N2CCCOc3ccccc32)C1. The molecule has 0 spiro atoms.